The van der Waals surface area contributed by atoms with Crippen molar-refractivity contribution in [2.75, 3.05) is 0 Å². The van der Waals surface area contributed by atoms with E-state index in [9.17, 15) is 0 Å². The van der Waals surface area contributed by atoms with Gasteiger partial charge in [-0.15, -0.1) is 0 Å². The van der Waals surface area contributed by atoms with Crippen molar-refractivity contribution in [3.8, 4) is 0 Å². The molecule has 2 aliphatic carbocycles. The molecule has 2 heteroatoms. The molecule has 2 fully saturated rings. The maximum Gasteiger partial charge on any atom is 2.00 e. The molecule has 2 aliphatic rings. The van der Waals surface area contributed by atoms with Crippen molar-refractivity contribution in [2.24, 2.45) is 0 Å². The zero-order chi connectivity index (χ0) is 9.78. The molecule has 0 aromatic carbocycles. The summed E-state index contributed by atoms with van der Waals surface area (Å²) in [6.45, 7) is 1.32. The maximum absolute atomic E-state index is 8.68. The zero-order valence-electron chi connectivity index (χ0n) is 9.18. The van der Waals surface area contributed by atoms with Crippen LogP contribution in [0.25, 0.3) is 0 Å². The van der Waals surface area contributed by atoms with Gasteiger partial charge >= 0.3 is 26.2 Å². The van der Waals surface area contributed by atoms with E-state index in [0.29, 0.717) is 0 Å². The molecule has 0 amide bonds. The molecule has 1 nitrogen and oxygen atoms in total. The molecular formula is C13H16OZr. The van der Waals surface area contributed by atoms with Gasteiger partial charge in [0.1, 0.15) is 0 Å². The second-order valence-electron chi connectivity index (χ2n) is 2.13. The standard InChI is InChI=1S/2C5H5.C2H3O.CH3.Zr/c2*1-2-4-5-3-1;1-2-3;;/h2*1-5H;1H3;1H3;/q;;2*-1;+2. The molecule has 2 saturated carbocycles. The van der Waals surface area contributed by atoms with Crippen LogP contribution in [0.15, 0.2) is 0 Å². The van der Waals surface area contributed by atoms with E-state index in [0.717, 1.165) is 0 Å². The van der Waals surface area contributed by atoms with E-state index in [1.54, 1.807) is 0 Å². The Hall–Kier alpha value is 0.553. The third-order valence-electron chi connectivity index (χ3n) is 1.11. The summed E-state index contributed by atoms with van der Waals surface area (Å²) in [4.78, 5) is 8.68. The van der Waals surface area contributed by atoms with Gasteiger partial charge in [-0.25, -0.2) is 0 Å². The average Bonchev–Trinajstić information content (AvgIpc) is 2.85. The molecule has 0 aromatic heterocycles. The van der Waals surface area contributed by atoms with Crippen LogP contribution in [0.3, 0.4) is 0 Å². The van der Waals surface area contributed by atoms with Crippen LogP contribution in [-0.2, 0) is 31.0 Å². The summed E-state index contributed by atoms with van der Waals surface area (Å²) < 4.78 is 0. The molecule has 0 aromatic rings. The van der Waals surface area contributed by atoms with Crippen LogP contribution in [0.4, 0.5) is 0 Å². The van der Waals surface area contributed by atoms with Crippen molar-refractivity contribution in [3.63, 3.8) is 0 Å². The van der Waals surface area contributed by atoms with E-state index in [2.05, 4.69) is 0 Å². The maximum atomic E-state index is 8.68. The number of rotatable bonds is 0. The van der Waals surface area contributed by atoms with Gasteiger partial charge in [0.15, 0.2) is 0 Å². The van der Waals surface area contributed by atoms with Crippen LogP contribution in [0, 0.1) is 71.6 Å². The molecule has 0 bridgehead atoms. The first kappa shape index (κ1) is 20.9. The smallest absolute Gasteiger partial charge is 0.542 e. The Morgan fingerprint density at radius 2 is 0.733 bits per heavy atom. The molecule has 0 saturated heterocycles. The number of hydrogen-bond acceptors (Lipinski definition) is 1. The third-order valence-corrected chi connectivity index (χ3v) is 1.11. The minimum Gasteiger partial charge on any atom is -0.542 e. The molecule has 0 N–H and O–H groups in total. The molecule has 15 heavy (non-hydrogen) atoms. The second kappa shape index (κ2) is 20.0. The summed E-state index contributed by atoms with van der Waals surface area (Å²) in [7, 11) is 0. The predicted molar refractivity (Wildman–Crippen MR) is 60.8 cm³/mol. The Morgan fingerprint density at radius 1 is 0.667 bits per heavy atom. The van der Waals surface area contributed by atoms with E-state index in [1.165, 1.54) is 13.2 Å². The Bertz CT molecular complexity index is 71.5. The summed E-state index contributed by atoms with van der Waals surface area (Å²) >= 11 is 0. The van der Waals surface area contributed by atoms with E-state index in [4.69, 9.17) is 4.79 Å². The topological polar surface area (TPSA) is 17.1 Å². The first-order valence-corrected chi connectivity index (χ1v) is 4.04. The van der Waals surface area contributed by atoms with E-state index in [-0.39, 0.29) is 33.6 Å². The van der Waals surface area contributed by atoms with Crippen LogP contribution in [0.2, 0.25) is 0 Å². The van der Waals surface area contributed by atoms with Gasteiger partial charge in [0.2, 0.25) is 0 Å². The third kappa shape index (κ3) is 20.6. The van der Waals surface area contributed by atoms with Crippen molar-refractivity contribution in [1.82, 2.24) is 0 Å². The van der Waals surface area contributed by atoms with Crippen LogP contribution in [0.1, 0.15) is 6.92 Å². The van der Waals surface area contributed by atoms with E-state index in [1.807, 2.05) is 64.2 Å². The molecule has 0 atom stereocenters. The molecule has 0 aliphatic heterocycles. The van der Waals surface area contributed by atoms with Crippen molar-refractivity contribution < 1.29 is 31.0 Å². The van der Waals surface area contributed by atoms with Gasteiger partial charge in [0.05, 0.1) is 0 Å². The second-order valence-corrected chi connectivity index (χ2v) is 2.13. The molecule has 10 radical (unpaired) electrons. The zero-order valence-corrected chi connectivity index (χ0v) is 11.6. The first-order valence-electron chi connectivity index (χ1n) is 4.04. The summed E-state index contributed by atoms with van der Waals surface area (Å²) in [6.07, 6.45) is 21.5. The van der Waals surface area contributed by atoms with Crippen molar-refractivity contribution in [3.05, 3.63) is 71.6 Å². The van der Waals surface area contributed by atoms with Crippen molar-refractivity contribution in [1.29, 1.82) is 0 Å². The van der Waals surface area contributed by atoms with Gasteiger partial charge in [-0.1, -0.05) is 0 Å². The number of hydrogen-bond donors (Lipinski definition) is 0. The van der Waals surface area contributed by atoms with Gasteiger partial charge in [-0.2, -0.15) is 6.92 Å². The molecule has 0 heterocycles. The van der Waals surface area contributed by atoms with Crippen molar-refractivity contribution >= 4 is 6.29 Å². The molecule has 2 rings (SSSR count). The summed E-state index contributed by atoms with van der Waals surface area (Å²) in [5.74, 6) is 0. The van der Waals surface area contributed by atoms with Gasteiger partial charge in [-0.3, -0.25) is 6.29 Å². The Balaban J connectivity index is -0.000000140. The molecule has 0 spiro atoms. The quantitative estimate of drug-likeness (QED) is 0.623. The van der Waals surface area contributed by atoms with Gasteiger partial charge in [0.25, 0.3) is 0 Å². The van der Waals surface area contributed by atoms with Gasteiger partial charge < -0.3 is 12.2 Å². The Labute approximate surface area is 116 Å². The summed E-state index contributed by atoms with van der Waals surface area (Å²) in [5.41, 5.74) is 0. The van der Waals surface area contributed by atoms with Crippen LogP contribution < -0.4 is 0 Å². The van der Waals surface area contributed by atoms with Gasteiger partial charge in [0, 0.05) is 0 Å². The normalized spacial score (nSPS) is 16.9. The van der Waals surface area contributed by atoms with E-state index >= 15 is 0 Å². The molecular weight excluding hydrogens is 263 g/mol. The summed E-state index contributed by atoms with van der Waals surface area (Å²) in [5, 5.41) is 0. The van der Waals surface area contributed by atoms with E-state index < -0.39 is 0 Å². The molecule has 0 unspecified atom stereocenters. The van der Waals surface area contributed by atoms with Crippen molar-refractivity contribution in [2.45, 2.75) is 6.92 Å². The van der Waals surface area contributed by atoms with Gasteiger partial charge in [-0.05, 0) is 64.2 Å². The minimum absolute atomic E-state index is 0. The van der Waals surface area contributed by atoms with Crippen LogP contribution in [-0.4, -0.2) is 6.29 Å². The van der Waals surface area contributed by atoms with Crippen LogP contribution >= 0.6 is 0 Å². The Kier molecular flexibility index (Phi) is 27.9. The fraction of sp³-hybridized carbons (Fsp3) is 0.0769. The average molecular weight is 279 g/mol. The number of carbonyl (C=O) groups excluding carboxylic acids is 1. The molecule has 78 valence electrons. The van der Waals surface area contributed by atoms with Crippen LogP contribution in [0.5, 0.6) is 0 Å². The predicted octanol–water partition coefficient (Wildman–Crippen LogP) is 2.61. The fourth-order valence-corrected chi connectivity index (χ4v) is 0.642. The Morgan fingerprint density at radius 3 is 0.800 bits per heavy atom. The fourth-order valence-electron chi connectivity index (χ4n) is 0.642. The largest absolute Gasteiger partial charge is 2.00 e. The SMILES string of the molecule is C[C-]=O.[CH3-].[CH]1[CH][CH][CH][CH]1.[CH]1[CH][CH][CH][CH]1.[Zr+2]. The summed E-state index contributed by atoms with van der Waals surface area (Å²) in [6, 6.07) is 0. The first-order chi connectivity index (χ1) is 6.41. The minimum atomic E-state index is 0. The monoisotopic (exact) mass is 278 g/mol.